The first kappa shape index (κ1) is 13.6. The van der Waals surface area contributed by atoms with E-state index in [-0.39, 0.29) is 25.2 Å². The van der Waals surface area contributed by atoms with Crippen molar-refractivity contribution >= 4 is 12.1 Å². The van der Waals surface area contributed by atoms with Crippen LogP contribution in [0.4, 0.5) is 4.79 Å². The van der Waals surface area contributed by atoms with Gasteiger partial charge in [-0.2, -0.15) is 0 Å². The van der Waals surface area contributed by atoms with E-state index in [1.54, 1.807) is 7.05 Å². The Morgan fingerprint density at radius 3 is 2.95 bits per heavy atom. The van der Waals surface area contributed by atoms with Gasteiger partial charge < -0.3 is 29.0 Å². The van der Waals surface area contributed by atoms with Crippen molar-refractivity contribution in [3.8, 4) is 0 Å². The van der Waals surface area contributed by atoms with Crippen LogP contribution in [0.15, 0.2) is 0 Å². The number of aliphatic hydroxyl groups is 1. The summed E-state index contributed by atoms with van der Waals surface area (Å²) in [6.45, 7) is -0.236. The Kier molecular flexibility index (Phi) is 3.11. The lowest BCUT2D eigenvalue weighted by Crippen LogP contribution is -2.54. The highest BCUT2D eigenvalue weighted by Crippen LogP contribution is 2.41. The van der Waals surface area contributed by atoms with Gasteiger partial charge in [0, 0.05) is 13.5 Å². The van der Waals surface area contributed by atoms with Crippen molar-refractivity contribution in [3.05, 3.63) is 0 Å². The fourth-order valence-electron chi connectivity index (χ4n) is 3.19. The van der Waals surface area contributed by atoms with Crippen molar-refractivity contribution in [2.24, 2.45) is 0 Å². The zero-order valence-electron chi connectivity index (χ0n) is 11.3. The Bertz CT molecular complexity index is 442. The summed E-state index contributed by atoms with van der Waals surface area (Å²) in [5.74, 6) is -0.637. The number of esters is 1. The number of methoxy groups -OCH3 is 1. The number of likely N-dealkylation sites (N-methyl/N-ethyl adjacent to an activating group) is 1. The second kappa shape index (κ2) is 4.57. The van der Waals surface area contributed by atoms with E-state index in [4.69, 9.17) is 18.9 Å². The fraction of sp³-hybridized carbons (Fsp3) is 0.833. The predicted molar refractivity (Wildman–Crippen MR) is 62.9 cm³/mol. The molecule has 0 aliphatic carbocycles. The highest BCUT2D eigenvalue weighted by Gasteiger charge is 2.61. The van der Waals surface area contributed by atoms with Crippen LogP contribution >= 0.6 is 0 Å². The SMILES string of the molecule is COC(=O)[C@@]1(CO)C[C@H]2OC[C@H]3OC(=O)N(C)[C@H]3[C@H]2O1. The van der Waals surface area contributed by atoms with Crippen LogP contribution in [0.2, 0.25) is 0 Å². The first-order chi connectivity index (χ1) is 9.52. The predicted octanol–water partition coefficient (Wildman–Crippen LogP) is -1.10. The monoisotopic (exact) mass is 287 g/mol. The smallest absolute Gasteiger partial charge is 0.410 e. The first-order valence-corrected chi connectivity index (χ1v) is 6.44. The number of rotatable bonds is 2. The molecule has 20 heavy (non-hydrogen) atoms. The average Bonchev–Trinajstić information content (AvgIpc) is 2.97. The molecule has 3 heterocycles. The Labute approximate surface area is 115 Å². The van der Waals surface area contributed by atoms with Crippen LogP contribution in [-0.4, -0.2) is 79.4 Å². The minimum atomic E-state index is -1.43. The molecule has 0 saturated carbocycles. The molecule has 112 valence electrons. The van der Waals surface area contributed by atoms with Gasteiger partial charge in [-0.05, 0) is 0 Å². The molecule has 3 fully saturated rings. The van der Waals surface area contributed by atoms with Gasteiger partial charge >= 0.3 is 12.1 Å². The molecule has 0 spiro atoms. The van der Waals surface area contributed by atoms with Gasteiger partial charge in [-0.1, -0.05) is 0 Å². The van der Waals surface area contributed by atoms with Crippen LogP contribution in [0, 0.1) is 0 Å². The van der Waals surface area contributed by atoms with Crippen molar-refractivity contribution in [2.75, 3.05) is 27.4 Å². The van der Waals surface area contributed by atoms with E-state index in [1.165, 1.54) is 12.0 Å². The lowest BCUT2D eigenvalue weighted by atomic mass is 9.93. The van der Waals surface area contributed by atoms with Crippen LogP contribution in [0.5, 0.6) is 0 Å². The minimum Gasteiger partial charge on any atom is -0.467 e. The molecule has 0 bridgehead atoms. The highest BCUT2D eigenvalue weighted by molar-refractivity contribution is 5.80. The van der Waals surface area contributed by atoms with Crippen LogP contribution < -0.4 is 0 Å². The number of fused-ring (bicyclic) bond motifs is 3. The molecule has 0 aromatic rings. The number of nitrogens with zero attached hydrogens (tertiary/aromatic N) is 1. The maximum Gasteiger partial charge on any atom is 0.410 e. The number of carbonyl (C=O) groups excluding carboxylic acids is 2. The number of hydrogen-bond donors (Lipinski definition) is 1. The lowest BCUT2D eigenvalue weighted by molar-refractivity contribution is -0.180. The lowest BCUT2D eigenvalue weighted by Gasteiger charge is -2.35. The number of carbonyl (C=O) groups is 2. The van der Waals surface area contributed by atoms with E-state index < -0.39 is 36.5 Å². The molecule has 3 rings (SSSR count). The van der Waals surface area contributed by atoms with E-state index in [2.05, 4.69) is 0 Å². The molecule has 0 aromatic carbocycles. The molecule has 8 heteroatoms. The quantitative estimate of drug-likeness (QED) is 0.644. The molecule has 3 aliphatic heterocycles. The summed E-state index contributed by atoms with van der Waals surface area (Å²) in [5, 5.41) is 9.53. The van der Waals surface area contributed by atoms with Crippen molar-refractivity contribution < 1.29 is 33.6 Å². The second-order valence-corrected chi connectivity index (χ2v) is 5.33. The van der Waals surface area contributed by atoms with Gasteiger partial charge in [0.05, 0.1) is 26.4 Å². The zero-order chi connectivity index (χ0) is 14.5. The maximum atomic E-state index is 11.9. The largest absolute Gasteiger partial charge is 0.467 e. The van der Waals surface area contributed by atoms with Gasteiger partial charge in [0.25, 0.3) is 0 Å². The highest BCUT2D eigenvalue weighted by atomic mass is 16.6. The van der Waals surface area contributed by atoms with Crippen molar-refractivity contribution in [3.63, 3.8) is 0 Å². The topological polar surface area (TPSA) is 94.5 Å². The van der Waals surface area contributed by atoms with Crippen LogP contribution in [0.3, 0.4) is 0 Å². The maximum absolute atomic E-state index is 11.9. The van der Waals surface area contributed by atoms with E-state index in [0.29, 0.717) is 0 Å². The molecular weight excluding hydrogens is 270 g/mol. The van der Waals surface area contributed by atoms with Crippen molar-refractivity contribution in [1.29, 1.82) is 0 Å². The summed E-state index contributed by atoms with van der Waals surface area (Å²) >= 11 is 0. The Hall–Kier alpha value is -1.38. The van der Waals surface area contributed by atoms with E-state index in [9.17, 15) is 14.7 Å². The fourth-order valence-corrected chi connectivity index (χ4v) is 3.19. The van der Waals surface area contributed by atoms with Crippen molar-refractivity contribution in [1.82, 2.24) is 4.90 Å². The normalized spacial score (nSPS) is 43.0. The van der Waals surface area contributed by atoms with Crippen LogP contribution in [0.25, 0.3) is 0 Å². The molecule has 0 unspecified atom stereocenters. The van der Waals surface area contributed by atoms with Gasteiger partial charge in [-0.15, -0.1) is 0 Å². The summed E-state index contributed by atoms with van der Waals surface area (Å²) in [6, 6.07) is -0.320. The third-order valence-corrected chi connectivity index (χ3v) is 4.25. The molecule has 5 atom stereocenters. The summed E-state index contributed by atoms with van der Waals surface area (Å²) in [7, 11) is 2.86. The summed E-state index contributed by atoms with van der Waals surface area (Å²) in [5.41, 5.74) is -1.43. The molecule has 3 aliphatic rings. The molecule has 0 radical (unpaired) electrons. The Balaban J connectivity index is 1.87. The van der Waals surface area contributed by atoms with Crippen LogP contribution in [0.1, 0.15) is 6.42 Å². The number of hydrogen-bond acceptors (Lipinski definition) is 7. The van der Waals surface area contributed by atoms with Gasteiger partial charge in [0.15, 0.2) is 5.60 Å². The minimum absolute atomic E-state index is 0.200. The second-order valence-electron chi connectivity index (χ2n) is 5.33. The van der Waals surface area contributed by atoms with Gasteiger partial charge in [0.1, 0.15) is 18.2 Å². The summed E-state index contributed by atoms with van der Waals surface area (Å²) in [4.78, 5) is 24.9. The molecule has 3 saturated heterocycles. The molecular formula is C12H17NO7. The van der Waals surface area contributed by atoms with E-state index in [1.807, 2.05) is 0 Å². The molecule has 0 aromatic heterocycles. The van der Waals surface area contributed by atoms with Crippen LogP contribution in [-0.2, 0) is 23.7 Å². The van der Waals surface area contributed by atoms with Gasteiger partial charge in [0.2, 0.25) is 0 Å². The Morgan fingerprint density at radius 2 is 2.30 bits per heavy atom. The number of amides is 1. The molecule has 8 nitrogen and oxygen atoms in total. The first-order valence-electron chi connectivity index (χ1n) is 6.44. The summed E-state index contributed by atoms with van der Waals surface area (Å²) in [6.07, 6.45) is -1.55. The molecule has 1 N–H and O–H groups in total. The van der Waals surface area contributed by atoms with Crippen molar-refractivity contribution in [2.45, 2.75) is 36.4 Å². The summed E-state index contributed by atoms with van der Waals surface area (Å²) < 4.78 is 21.3. The van der Waals surface area contributed by atoms with Gasteiger partial charge in [-0.3, -0.25) is 0 Å². The van der Waals surface area contributed by atoms with Gasteiger partial charge in [-0.25, -0.2) is 9.59 Å². The third-order valence-electron chi connectivity index (χ3n) is 4.25. The third kappa shape index (κ3) is 1.72. The standard InChI is InChI=1S/C12H17NO7/c1-13-8-7(19-11(13)16)4-18-6-3-12(5-14,10(15)17-2)20-9(6)8/h6-9,14H,3-5H2,1-2H3/t6-,7-,8-,9+,12+/m1/s1. The average molecular weight is 287 g/mol. The Morgan fingerprint density at radius 1 is 1.55 bits per heavy atom. The molecule has 1 amide bonds. The van der Waals surface area contributed by atoms with E-state index in [0.717, 1.165) is 0 Å². The number of ether oxygens (including phenoxy) is 4. The number of aliphatic hydroxyl groups excluding tert-OH is 1. The van der Waals surface area contributed by atoms with E-state index >= 15 is 0 Å². The zero-order valence-corrected chi connectivity index (χ0v) is 11.3.